The van der Waals surface area contributed by atoms with Crippen LogP contribution in [0, 0.1) is 27.7 Å². The van der Waals surface area contributed by atoms with Crippen LogP contribution in [-0.2, 0) is 4.79 Å². The van der Waals surface area contributed by atoms with Gasteiger partial charge >= 0.3 is 0 Å². The predicted molar refractivity (Wildman–Crippen MR) is 100 cm³/mol. The zero-order valence-electron chi connectivity index (χ0n) is 14.7. The number of carbonyl (C=O) groups is 1. The van der Waals surface area contributed by atoms with Crippen molar-refractivity contribution in [3.8, 4) is 5.75 Å². The molecule has 1 amide bonds. The monoisotopic (exact) mass is 345 g/mol. The molecular weight excluding hydrogens is 322 g/mol. The van der Waals surface area contributed by atoms with Gasteiger partial charge in [-0.2, -0.15) is 0 Å². The number of rotatable bonds is 6. The fourth-order valence-electron chi connectivity index (χ4n) is 2.68. The lowest BCUT2D eigenvalue weighted by Crippen LogP contribution is -2.13. The lowest BCUT2D eigenvalue weighted by atomic mass is 10.1. The first-order chi connectivity index (χ1) is 11.3. The smallest absolute Gasteiger partial charge is 0.224 e. The van der Waals surface area contributed by atoms with E-state index in [1.807, 2.05) is 52.0 Å². The van der Waals surface area contributed by atoms with Crippen molar-refractivity contribution in [3.63, 3.8) is 0 Å². The molecule has 0 bridgehead atoms. The van der Waals surface area contributed by atoms with Crippen LogP contribution in [0.15, 0.2) is 30.3 Å². The SMILES string of the molecule is Cc1cc(C)cc(NC(=O)CCCOc2cc(C)c(Cl)c(C)c2)c1. The fraction of sp³-hybridized carbons (Fsp3) is 0.350. The van der Waals surface area contributed by atoms with E-state index >= 15 is 0 Å². The second kappa shape index (κ2) is 8.20. The van der Waals surface area contributed by atoms with Gasteiger partial charge in [0.1, 0.15) is 5.75 Å². The maximum absolute atomic E-state index is 12.0. The molecule has 0 fully saturated rings. The number of benzene rings is 2. The van der Waals surface area contributed by atoms with E-state index in [1.165, 1.54) is 0 Å². The number of hydrogen-bond acceptors (Lipinski definition) is 2. The topological polar surface area (TPSA) is 38.3 Å². The third-order valence-electron chi connectivity index (χ3n) is 3.73. The summed E-state index contributed by atoms with van der Waals surface area (Å²) in [6, 6.07) is 9.87. The van der Waals surface area contributed by atoms with Crippen molar-refractivity contribution in [2.45, 2.75) is 40.5 Å². The summed E-state index contributed by atoms with van der Waals surface area (Å²) in [5.74, 6) is 0.802. The summed E-state index contributed by atoms with van der Waals surface area (Å²) in [6.07, 6.45) is 1.09. The molecule has 0 heterocycles. The Morgan fingerprint density at radius 1 is 1.00 bits per heavy atom. The molecule has 3 nitrogen and oxygen atoms in total. The Hall–Kier alpha value is -2.00. The fourth-order valence-corrected chi connectivity index (χ4v) is 2.79. The molecule has 0 aliphatic carbocycles. The van der Waals surface area contributed by atoms with Crippen molar-refractivity contribution >= 4 is 23.2 Å². The van der Waals surface area contributed by atoms with E-state index in [4.69, 9.17) is 16.3 Å². The summed E-state index contributed by atoms with van der Waals surface area (Å²) in [7, 11) is 0. The zero-order valence-corrected chi connectivity index (χ0v) is 15.5. The summed E-state index contributed by atoms with van der Waals surface area (Å²) >= 11 is 6.14. The highest BCUT2D eigenvalue weighted by molar-refractivity contribution is 6.32. The van der Waals surface area contributed by atoms with E-state index < -0.39 is 0 Å². The van der Waals surface area contributed by atoms with E-state index in [9.17, 15) is 4.79 Å². The van der Waals surface area contributed by atoms with Gasteiger partial charge in [0.15, 0.2) is 0 Å². The van der Waals surface area contributed by atoms with Gasteiger partial charge in [-0.25, -0.2) is 0 Å². The third-order valence-corrected chi connectivity index (χ3v) is 4.33. The summed E-state index contributed by atoms with van der Waals surface area (Å²) in [6.45, 7) is 8.46. The Kier molecular flexibility index (Phi) is 6.27. The lowest BCUT2D eigenvalue weighted by Gasteiger charge is -2.10. The molecule has 1 N–H and O–H groups in total. The second-order valence-corrected chi connectivity index (χ2v) is 6.63. The summed E-state index contributed by atoms with van der Waals surface area (Å²) in [5.41, 5.74) is 5.13. The minimum absolute atomic E-state index is 0.00654. The molecule has 0 unspecified atom stereocenters. The van der Waals surface area contributed by atoms with Crippen molar-refractivity contribution in [3.05, 3.63) is 57.6 Å². The molecule has 0 atom stereocenters. The third kappa shape index (κ3) is 5.27. The Labute approximate surface area is 149 Å². The zero-order chi connectivity index (χ0) is 17.7. The summed E-state index contributed by atoms with van der Waals surface area (Å²) in [5, 5.41) is 3.71. The molecule has 0 radical (unpaired) electrons. The average molecular weight is 346 g/mol. The molecule has 0 spiro atoms. The first-order valence-corrected chi connectivity index (χ1v) is 8.50. The minimum Gasteiger partial charge on any atom is -0.494 e. The van der Waals surface area contributed by atoms with Gasteiger partial charge in [0.25, 0.3) is 0 Å². The van der Waals surface area contributed by atoms with E-state index in [0.29, 0.717) is 19.4 Å². The number of carbonyl (C=O) groups excluding carboxylic acids is 1. The highest BCUT2D eigenvalue weighted by Crippen LogP contribution is 2.26. The Morgan fingerprint density at radius 2 is 1.58 bits per heavy atom. The first kappa shape index (κ1) is 18.3. The molecule has 2 rings (SSSR count). The maximum Gasteiger partial charge on any atom is 0.224 e. The Bertz CT molecular complexity index is 697. The van der Waals surface area contributed by atoms with Crippen molar-refractivity contribution < 1.29 is 9.53 Å². The van der Waals surface area contributed by atoms with Crippen LogP contribution in [0.5, 0.6) is 5.75 Å². The molecular formula is C20H24ClNO2. The van der Waals surface area contributed by atoms with Gasteiger partial charge < -0.3 is 10.1 Å². The maximum atomic E-state index is 12.0. The van der Waals surface area contributed by atoms with E-state index in [1.54, 1.807) is 0 Å². The molecule has 0 aromatic heterocycles. The number of ether oxygens (including phenoxy) is 1. The highest BCUT2D eigenvalue weighted by atomic mass is 35.5. The number of halogens is 1. The average Bonchev–Trinajstić information content (AvgIpc) is 2.48. The number of amides is 1. The van der Waals surface area contributed by atoms with Gasteiger partial charge in [-0.1, -0.05) is 17.7 Å². The van der Waals surface area contributed by atoms with Crippen molar-refractivity contribution in [2.24, 2.45) is 0 Å². The molecule has 0 aliphatic heterocycles. The minimum atomic E-state index is 0.00654. The van der Waals surface area contributed by atoms with Gasteiger partial charge in [0.05, 0.1) is 6.61 Å². The number of hydrogen-bond donors (Lipinski definition) is 1. The largest absolute Gasteiger partial charge is 0.494 e. The van der Waals surface area contributed by atoms with Gasteiger partial charge in [0, 0.05) is 17.1 Å². The van der Waals surface area contributed by atoms with Crippen LogP contribution in [0.1, 0.15) is 35.1 Å². The number of aryl methyl sites for hydroxylation is 4. The molecule has 0 saturated carbocycles. The molecule has 2 aromatic carbocycles. The molecule has 24 heavy (non-hydrogen) atoms. The van der Waals surface area contributed by atoms with Crippen molar-refractivity contribution in [1.29, 1.82) is 0 Å². The number of nitrogens with one attached hydrogen (secondary N) is 1. The predicted octanol–water partition coefficient (Wildman–Crippen LogP) is 5.37. The van der Waals surface area contributed by atoms with E-state index in [2.05, 4.69) is 11.4 Å². The van der Waals surface area contributed by atoms with Gasteiger partial charge in [-0.05, 0) is 80.6 Å². The lowest BCUT2D eigenvalue weighted by molar-refractivity contribution is -0.116. The van der Waals surface area contributed by atoms with Crippen LogP contribution in [-0.4, -0.2) is 12.5 Å². The van der Waals surface area contributed by atoms with Gasteiger partial charge in [-0.15, -0.1) is 0 Å². The first-order valence-electron chi connectivity index (χ1n) is 8.13. The normalized spacial score (nSPS) is 10.5. The van der Waals surface area contributed by atoms with Crippen LogP contribution in [0.4, 0.5) is 5.69 Å². The van der Waals surface area contributed by atoms with Gasteiger partial charge in [-0.3, -0.25) is 4.79 Å². The van der Waals surface area contributed by atoms with E-state index in [-0.39, 0.29) is 5.91 Å². The standard InChI is InChI=1S/C20H24ClNO2/c1-13-8-14(2)10-17(9-13)22-19(23)6-5-7-24-18-11-15(3)20(21)16(4)12-18/h8-12H,5-7H2,1-4H3,(H,22,23). The molecule has 0 saturated heterocycles. The Morgan fingerprint density at radius 3 is 2.17 bits per heavy atom. The molecule has 4 heteroatoms. The van der Waals surface area contributed by atoms with Crippen molar-refractivity contribution in [2.75, 3.05) is 11.9 Å². The Balaban J connectivity index is 1.79. The quantitative estimate of drug-likeness (QED) is 0.714. The van der Waals surface area contributed by atoms with Crippen LogP contribution in [0.2, 0.25) is 5.02 Å². The summed E-state index contributed by atoms with van der Waals surface area (Å²) < 4.78 is 5.72. The highest BCUT2D eigenvalue weighted by Gasteiger charge is 2.06. The molecule has 0 aliphatic rings. The van der Waals surface area contributed by atoms with E-state index in [0.717, 1.165) is 38.7 Å². The second-order valence-electron chi connectivity index (χ2n) is 6.25. The molecule has 128 valence electrons. The van der Waals surface area contributed by atoms with Crippen molar-refractivity contribution in [1.82, 2.24) is 0 Å². The van der Waals surface area contributed by atoms with Crippen LogP contribution >= 0.6 is 11.6 Å². The van der Waals surface area contributed by atoms with Crippen LogP contribution in [0.25, 0.3) is 0 Å². The van der Waals surface area contributed by atoms with Gasteiger partial charge in [0.2, 0.25) is 5.91 Å². The van der Waals surface area contributed by atoms with Crippen LogP contribution < -0.4 is 10.1 Å². The summed E-state index contributed by atoms with van der Waals surface area (Å²) in [4.78, 5) is 12.0. The van der Waals surface area contributed by atoms with Crippen LogP contribution in [0.3, 0.4) is 0 Å². The molecule has 2 aromatic rings. The number of anilines is 1.